The number of hydrogen-bond donors (Lipinski definition) is 1. The number of hydrogen-bond acceptors (Lipinski definition) is 10. The molecule has 0 bridgehead atoms. The fourth-order valence-electron chi connectivity index (χ4n) is 4.86. The molecule has 1 atom stereocenters. The molecule has 1 unspecified atom stereocenters. The van der Waals surface area contributed by atoms with Crippen LogP contribution in [-0.2, 0) is 4.57 Å². The number of benzene rings is 4. The largest absolute Gasteiger partial charge is 0.585 e. The Balaban J connectivity index is 1.58. The van der Waals surface area contributed by atoms with Crippen LogP contribution in [-0.4, -0.2) is 54.7 Å². The van der Waals surface area contributed by atoms with E-state index in [9.17, 15) is 9.46 Å². The molecular formula is C36H39O11P. The van der Waals surface area contributed by atoms with Gasteiger partial charge in [0.05, 0.1) is 49.8 Å². The van der Waals surface area contributed by atoms with E-state index in [4.69, 9.17) is 42.2 Å². The molecule has 12 heteroatoms. The summed E-state index contributed by atoms with van der Waals surface area (Å²) in [5.74, 6) is 3.20. The van der Waals surface area contributed by atoms with E-state index in [1.165, 1.54) is 35.5 Å². The van der Waals surface area contributed by atoms with Crippen LogP contribution in [0.25, 0.3) is 24.3 Å². The van der Waals surface area contributed by atoms with Crippen LogP contribution in [0.4, 0.5) is 0 Å². The molecule has 0 aliphatic heterocycles. The molecule has 4 rings (SSSR count). The van der Waals surface area contributed by atoms with Crippen molar-refractivity contribution in [2.45, 2.75) is 6.92 Å². The molecule has 0 aliphatic carbocycles. The van der Waals surface area contributed by atoms with Crippen molar-refractivity contribution < 1.29 is 51.7 Å². The molecule has 0 amide bonds. The van der Waals surface area contributed by atoms with Crippen LogP contribution in [0, 0.1) is 6.92 Å². The first kappa shape index (κ1) is 35.6. The average molecular weight is 679 g/mol. The van der Waals surface area contributed by atoms with Gasteiger partial charge in [0.1, 0.15) is 0 Å². The van der Waals surface area contributed by atoms with Crippen molar-refractivity contribution in [1.82, 2.24) is 0 Å². The zero-order valence-electron chi connectivity index (χ0n) is 28.1. The highest BCUT2D eigenvalue weighted by Gasteiger charge is 2.29. The molecule has 254 valence electrons. The fraction of sp³-hybridized carbons (Fsp3) is 0.222. The first-order valence-corrected chi connectivity index (χ1v) is 16.0. The molecule has 0 saturated heterocycles. The van der Waals surface area contributed by atoms with Gasteiger partial charge in [-0.1, -0.05) is 36.4 Å². The summed E-state index contributed by atoms with van der Waals surface area (Å²) in [4.78, 5) is 10.9. The van der Waals surface area contributed by atoms with Crippen molar-refractivity contribution >= 4 is 32.1 Å². The van der Waals surface area contributed by atoms with E-state index in [0.29, 0.717) is 39.9 Å². The van der Waals surface area contributed by atoms with E-state index in [0.717, 1.165) is 16.7 Å². The van der Waals surface area contributed by atoms with Gasteiger partial charge in [-0.05, 0) is 83.3 Å². The molecule has 48 heavy (non-hydrogen) atoms. The van der Waals surface area contributed by atoms with Gasteiger partial charge in [0.15, 0.2) is 46.0 Å². The average Bonchev–Trinajstić information content (AvgIpc) is 3.08. The number of rotatable bonds is 15. The summed E-state index contributed by atoms with van der Waals surface area (Å²) >= 11 is 0. The van der Waals surface area contributed by atoms with E-state index < -0.39 is 7.82 Å². The predicted molar refractivity (Wildman–Crippen MR) is 185 cm³/mol. The van der Waals surface area contributed by atoms with Crippen LogP contribution in [0.3, 0.4) is 0 Å². The van der Waals surface area contributed by atoms with Gasteiger partial charge in [0, 0.05) is 0 Å². The van der Waals surface area contributed by atoms with E-state index in [1.807, 2.05) is 37.3 Å². The molecule has 11 nitrogen and oxygen atoms in total. The van der Waals surface area contributed by atoms with Crippen LogP contribution in [0.5, 0.6) is 51.7 Å². The normalized spacial score (nSPS) is 12.4. The van der Waals surface area contributed by atoms with Gasteiger partial charge in [-0.2, -0.15) is 0 Å². The quantitative estimate of drug-likeness (QED) is 0.0974. The molecule has 0 saturated carbocycles. The lowest BCUT2D eigenvalue weighted by Crippen LogP contribution is -2.02. The second-order valence-corrected chi connectivity index (χ2v) is 11.5. The maximum absolute atomic E-state index is 13.3. The minimum absolute atomic E-state index is 0.00536. The second kappa shape index (κ2) is 16.0. The first-order chi connectivity index (χ1) is 23.1. The lowest BCUT2D eigenvalue weighted by Gasteiger charge is -2.18. The molecule has 0 radical (unpaired) electrons. The Bertz CT molecular complexity index is 1820. The van der Waals surface area contributed by atoms with E-state index >= 15 is 0 Å². The standard InChI is InChI=1S/C36H39O11P/c1-23-17-26(20-32(41-4)35(23)44-7)11-9-24-13-15-28(39-2)30(18-24)46-48(37,38)47-31-19-25(14-16-29(31)40-3)10-12-27-21-33(42-5)36(45-8)34(22-27)43-6/h9-22H,1-8H3,(H,37,38)/b11-9-,12-10-. The third-order valence-electron chi connectivity index (χ3n) is 7.11. The topological polar surface area (TPSA) is 120 Å². The summed E-state index contributed by atoms with van der Waals surface area (Å²) in [5.41, 5.74) is 3.86. The highest BCUT2D eigenvalue weighted by molar-refractivity contribution is 7.48. The molecule has 0 aliphatic rings. The van der Waals surface area contributed by atoms with E-state index in [-0.39, 0.29) is 23.0 Å². The van der Waals surface area contributed by atoms with Crippen molar-refractivity contribution in [3.05, 3.63) is 88.5 Å². The molecule has 0 spiro atoms. The summed E-state index contributed by atoms with van der Waals surface area (Å²) in [6.45, 7) is 1.92. The van der Waals surface area contributed by atoms with Crippen molar-refractivity contribution in [2.75, 3.05) is 49.8 Å². The van der Waals surface area contributed by atoms with Crippen molar-refractivity contribution in [1.29, 1.82) is 0 Å². The highest BCUT2D eigenvalue weighted by atomic mass is 31.2. The second-order valence-electron chi connectivity index (χ2n) is 10.2. The first-order valence-electron chi connectivity index (χ1n) is 14.5. The number of aryl methyl sites for hydroxylation is 1. The summed E-state index contributed by atoms with van der Waals surface area (Å²) in [5, 5.41) is 0. The van der Waals surface area contributed by atoms with E-state index in [2.05, 4.69) is 0 Å². The molecular weight excluding hydrogens is 639 g/mol. The summed E-state index contributed by atoms with van der Waals surface area (Å²) < 4.78 is 62.3. The van der Waals surface area contributed by atoms with Crippen LogP contribution in [0.2, 0.25) is 0 Å². The monoisotopic (exact) mass is 678 g/mol. The van der Waals surface area contributed by atoms with Gasteiger partial charge in [-0.3, -0.25) is 4.89 Å². The van der Waals surface area contributed by atoms with Gasteiger partial charge < -0.3 is 42.2 Å². The number of phosphoric acid groups is 1. The molecule has 0 aromatic heterocycles. The van der Waals surface area contributed by atoms with Crippen LogP contribution in [0.1, 0.15) is 27.8 Å². The molecule has 4 aromatic carbocycles. The van der Waals surface area contributed by atoms with Crippen molar-refractivity contribution in [2.24, 2.45) is 0 Å². The molecule has 4 aromatic rings. The van der Waals surface area contributed by atoms with Crippen molar-refractivity contribution in [3.8, 4) is 51.7 Å². The summed E-state index contributed by atoms with van der Waals surface area (Å²) in [6, 6.07) is 17.3. The van der Waals surface area contributed by atoms with Gasteiger partial charge >= 0.3 is 7.82 Å². The third-order valence-corrected chi connectivity index (χ3v) is 7.97. The van der Waals surface area contributed by atoms with Crippen LogP contribution >= 0.6 is 7.82 Å². The highest BCUT2D eigenvalue weighted by Crippen LogP contribution is 2.49. The smallest absolute Gasteiger partial charge is 0.493 e. The van der Waals surface area contributed by atoms with Crippen LogP contribution < -0.4 is 42.2 Å². The summed E-state index contributed by atoms with van der Waals surface area (Å²) in [7, 11) is 5.88. The van der Waals surface area contributed by atoms with Gasteiger partial charge in [0.25, 0.3) is 0 Å². The third kappa shape index (κ3) is 8.56. The molecule has 1 N–H and O–H groups in total. The number of methoxy groups -OCH3 is 7. The molecule has 0 heterocycles. The van der Waals surface area contributed by atoms with Gasteiger partial charge in [-0.15, -0.1) is 0 Å². The lowest BCUT2D eigenvalue weighted by molar-refractivity contribution is 0.277. The fourth-order valence-corrected chi connectivity index (χ4v) is 5.68. The zero-order chi connectivity index (χ0) is 34.8. The van der Waals surface area contributed by atoms with E-state index in [1.54, 1.807) is 68.8 Å². The number of phosphoric ester groups is 1. The minimum atomic E-state index is -4.75. The molecule has 0 fully saturated rings. The predicted octanol–water partition coefficient (Wildman–Crippen LogP) is 7.95. The van der Waals surface area contributed by atoms with Crippen LogP contribution in [0.15, 0.2) is 60.7 Å². The van der Waals surface area contributed by atoms with Gasteiger partial charge in [-0.25, -0.2) is 4.57 Å². The summed E-state index contributed by atoms with van der Waals surface area (Å²) in [6.07, 6.45) is 7.30. The Morgan fingerprint density at radius 2 is 0.812 bits per heavy atom. The Morgan fingerprint density at radius 1 is 0.458 bits per heavy atom. The Morgan fingerprint density at radius 3 is 1.21 bits per heavy atom. The Kier molecular flexibility index (Phi) is 11.9. The lowest BCUT2D eigenvalue weighted by atomic mass is 10.1. The Labute approximate surface area is 280 Å². The zero-order valence-corrected chi connectivity index (χ0v) is 29.0. The number of ether oxygens (including phenoxy) is 7. The SMILES string of the molecule is COc1ccc(/C=C\c2cc(C)c(OC)c(OC)c2)cc1OP(=O)(O)Oc1cc(/C=C\c2cc(OC)c(OC)c(OC)c2)ccc1OC. The maximum Gasteiger partial charge on any atom is 0.585 e. The van der Waals surface area contributed by atoms with Crippen molar-refractivity contribution in [3.63, 3.8) is 0 Å². The maximum atomic E-state index is 13.3. The minimum Gasteiger partial charge on any atom is -0.493 e. The Hall–Kier alpha value is -5.25. The van der Waals surface area contributed by atoms with Gasteiger partial charge in [0.2, 0.25) is 5.75 Å².